The van der Waals surface area contributed by atoms with E-state index in [1.54, 1.807) is 21.3 Å². The molecule has 0 fully saturated rings. The minimum Gasteiger partial charge on any atom is -0.377 e. The van der Waals surface area contributed by atoms with Crippen LogP contribution in [0, 0.1) is 0 Å². The van der Waals surface area contributed by atoms with Crippen molar-refractivity contribution in [2.45, 2.75) is 25.8 Å². The second kappa shape index (κ2) is 12.5. The van der Waals surface area contributed by atoms with Gasteiger partial charge in [-0.2, -0.15) is 0 Å². The smallest absolute Gasteiger partial charge is 0.377 e. The second-order valence-electron chi connectivity index (χ2n) is 3.18. The summed E-state index contributed by atoms with van der Waals surface area (Å²) in [4.78, 5) is 0. The van der Waals surface area contributed by atoms with Gasteiger partial charge in [0.1, 0.15) is 0 Å². The molecular formula is C9H22O3S4Si. The topological polar surface area (TPSA) is 27.7 Å². The molecule has 104 valence electrons. The van der Waals surface area contributed by atoms with Gasteiger partial charge in [-0.3, -0.25) is 0 Å². The first-order chi connectivity index (χ1) is 8.24. The first-order valence-electron chi connectivity index (χ1n) is 5.48. The Morgan fingerprint density at radius 1 is 0.882 bits per heavy atom. The van der Waals surface area contributed by atoms with Crippen LogP contribution in [0.4, 0.5) is 0 Å². The zero-order valence-electron chi connectivity index (χ0n) is 10.9. The highest BCUT2D eigenvalue weighted by Gasteiger charge is 2.36. The van der Waals surface area contributed by atoms with E-state index in [9.17, 15) is 0 Å². The lowest BCUT2D eigenvalue weighted by molar-refractivity contribution is 0.123. The van der Waals surface area contributed by atoms with E-state index in [2.05, 4.69) is 6.92 Å². The minimum atomic E-state index is -2.33. The lowest BCUT2D eigenvalue weighted by atomic mass is 10.6. The molecule has 0 aromatic carbocycles. The Kier molecular flexibility index (Phi) is 13.6. The summed E-state index contributed by atoms with van der Waals surface area (Å²) in [5.74, 6) is 2.33. The maximum Gasteiger partial charge on any atom is 0.500 e. The van der Waals surface area contributed by atoms with Gasteiger partial charge < -0.3 is 13.3 Å². The highest BCUT2D eigenvalue weighted by Crippen LogP contribution is 2.43. The van der Waals surface area contributed by atoms with Gasteiger partial charge in [0, 0.05) is 38.9 Å². The zero-order valence-corrected chi connectivity index (χ0v) is 15.2. The van der Waals surface area contributed by atoms with Crippen LogP contribution >= 0.6 is 41.2 Å². The average Bonchev–Trinajstić information content (AvgIpc) is 2.38. The summed E-state index contributed by atoms with van der Waals surface area (Å²) < 4.78 is 16.1. The van der Waals surface area contributed by atoms with Crippen LogP contribution in [-0.4, -0.2) is 41.6 Å². The summed E-state index contributed by atoms with van der Waals surface area (Å²) in [5, 5.41) is 0. The van der Waals surface area contributed by atoms with E-state index in [1.165, 1.54) is 12.2 Å². The maximum absolute atomic E-state index is 5.36. The van der Waals surface area contributed by atoms with Crippen molar-refractivity contribution < 1.29 is 13.3 Å². The molecule has 0 radical (unpaired) electrons. The van der Waals surface area contributed by atoms with Crippen molar-refractivity contribution in [2.24, 2.45) is 0 Å². The monoisotopic (exact) mass is 334 g/mol. The van der Waals surface area contributed by atoms with Crippen molar-refractivity contribution in [3.8, 4) is 0 Å². The highest BCUT2D eigenvalue weighted by molar-refractivity contribution is 9.26. The molecule has 0 N–H and O–H groups in total. The molecule has 3 nitrogen and oxygen atoms in total. The van der Waals surface area contributed by atoms with Gasteiger partial charge in [0.05, 0.1) is 0 Å². The molecule has 0 atom stereocenters. The molecule has 0 aliphatic heterocycles. The normalized spacial score (nSPS) is 12.0. The first-order valence-corrected chi connectivity index (χ1v) is 12.6. The molecule has 0 aromatic rings. The van der Waals surface area contributed by atoms with E-state index < -0.39 is 8.80 Å². The molecule has 0 aliphatic carbocycles. The summed E-state index contributed by atoms with van der Waals surface area (Å²) in [5.41, 5.74) is 0. The van der Waals surface area contributed by atoms with E-state index in [-0.39, 0.29) is 0 Å². The number of hydrogen-bond donors (Lipinski definition) is 0. The van der Waals surface area contributed by atoms with Crippen molar-refractivity contribution in [2.75, 3.05) is 32.8 Å². The van der Waals surface area contributed by atoms with Gasteiger partial charge in [-0.15, -0.1) is 0 Å². The summed E-state index contributed by atoms with van der Waals surface area (Å²) >= 11 is 0. The van der Waals surface area contributed by atoms with Crippen LogP contribution in [-0.2, 0) is 13.3 Å². The Balaban J connectivity index is 3.43. The standard InChI is InChI=1S/C9H22O3S4Si/c1-5-7-13-15-16-14-8-6-9-17(10-2,11-3)12-4/h5-9H2,1-4H3. The molecule has 0 aliphatic rings. The zero-order chi connectivity index (χ0) is 13.0. The van der Waals surface area contributed by atoms with Crippen LogP contribution in [0.15, 0.2) is 0 Å². The summed E-state index contributed by atoms with van der Waals surface area (Å²) in [6.45, 7) is 2.20. The molecule has 0 rings (SSSR count). The highest BCUT2D eigenvalue weighted by atomic mass is 33.7. The Morgan fingerprint density at radius 2 is 1.41 bits per heavy atom. The fourth-order valence-electron chi connectivity index (χ4n) is 1.09. The quantitative estimate of drug-likeness (QED) is 0.298. The van der Waals surface area contributed by atoms with Crippen molar-refractivity contribution in [1.82, 2.24) is 0 Å². The van der Waals surface area contributed by atoms with Crippen molar-refractivity contribution >= 4 is 50.0 Å². The van der Waals surface area contributed by atoms with E-state index in [1.807, 2.05) is 41.2 Å². The lowest BCUT2D eigenvalue weighted by Gasteiger charge is -2.23. The minimum absolute atomic E-state index is 0.886. The molecule has 0 saturated carbocycles. The first kappa shape index (κ1) is 18.5. The van der Waals surface area contributed by atoms with Crippen molar-refractivity contribution in [1.29, 1.82) is 0 Å². The third-order valence-corrected chi connectivity index (χ3v) is 11.6. The summed E-state index contributed by atoms with van der Waals surface area (Å²) in [6, 6.07) is 0.886. The van der Waals surface area contributed by atoms with E-state index in [4.69, 9.17) is 13.3 Å². The Labute approximate surface area is 121 Å². The predicted molar refractivity (Wildman–Crippen MR) is 86.6 cm³/mol. The van der Waals surface area contributed by atoms with Crippen molar-refractivity contribution in [3.63, 3.8) is 0 Å². The predicted octanol–water partition coefficient (Wildman–Crippen LogP) is 4.34. The van der Waals surface area contributed by atoms with E-state index in [0.717, 1.165) is 18.2 Å². The van der Waals surface area contributed by atoms with Gasteiger partial charge in [-0.05, 0) is 32.5 Å². The average molecular weight is 335 g/mol. The molecule has 0 spiro atoms. The molecule has 0 unspecified atom stereocenters. The van der Waals surface area contributed by atoms with Gasteiger partial charge in [-0.25, -0.2) is 0 Å². The van der Waals surface area contributed by atoms with Crippen LogP contribution in [0.3, 0.4) is 0 Å². The van der Waals surface area contributed by atoms with Crippen molar-refractivity contribution in [3.05, 3.63) is 0 Å². The van der Waals surface area contributed by atoms with Crippen LogP contribution < -0.4 is 0 Å². The van der Waals surface area contributed by atoms with E-state index >= 15 is 0 Å². The van der Waals surface area contributed by atoms with Crippen LogP contribution in [0.25, 0.3) is 0 Å². The molecule has 17 heavy (non-hydrogen) atoms. The molecule has 0 amide bonds. The Hall–Kier alpha value is 1.50. The van der Waals surface area contributed by atoms with Gasteiger partial charge in [-0.1, -0.05) is 28.5 Å². The Bertz CT molecular complexity index is 164. The molecule has 8 heteroatoms. The number of hydrogen-bond acceptors (Lipinski definition) is 7. The molecule has 0 saturated heterocycles. The molecular weight excluding hydrogens is 312 g/mol. The fourth-order valence-corrected chi connectivity index (χ4v) is 9.27. The third kappa shape index (κ3) is 9.09. The summed E-state index contributed by atoms with van der Waals surface area (Å²) in [7, 11) is 10.2. The largest absolute Gasteiger partial charge is 0.500 e. The van der Waals surface area contributed by atoms with E-state index in [0.29, 0.717) is 0 Å². The maximum atomic E-state index is 5.36. The van der Waals surface area contributed by atoms with Crippen LogP contribution in [0.2, 0.25) is 6.04 Å². The van der Waals surface area contributed by atoms with Gasteiger partial charge in [0.15, 0.2) is 0 Å². The lowest BCUT2D eigenvalue weighted by Crippen LogP contribution is -2.42. The second-order valence-corrected chi connectivity index (χ2v) is 12.5. The van der Waals surface area contributed by atoms with Gasteiger partial charge >= 0.3 is 8.80 Å². The Morgan fingerprint density at radius 3 is 1.88 bits per heavy atom. The number of rotatable bonds is 12. The summed E-state index contributed by atoms with van der Waals surface area (Å²) in [6.07, 6.45) is 2.31. The molecule has 0 bridgehead atoms. The SMILES string of the molecule is CCCSSSSCCC[Si](OC)(OC)OC. The third-order valence-electron chi connectivity index (χ3n) is 2.06. The van der Waals surface area contributed by atoms with Gasteiger partial charge in [0.25, 0.3) is 0 Å². The van der Waals surface area contributed by atoms with Crippen LogP contribution in [0.1, 0.15) is 19.8 Å². The molecule has 0 aromatic heterocycles. The van der Waals surface area contributed by atoms with Gasteiger partial charge in [0.2, 0.25) is 0 Å². The van der Waals surface area contributed by atoms with Crippen LogP contribution in [0.5, 0.6) is 0 Å². The fraction of sp³-hybridized carbons (Fsp3) is 1.00. The molecule has 0 heterocycles.